The fourth-order valence-corrected chi connectivity index (χ4v) is 4.81. The third-order valence-electron chi connectivity index (χ3n) is 4.82. The van der Waals surface area contributed by atoms with Crippen LogP contribution in [0.3, 0.4) is 0 Å². The zero-order chi connectivity index (χ0) is 25.0. The molecule has 0 radical (unpaired) electrons. The van der Waals surface area contributed by atoms with Gasteiger partial charge in [-0.15, -0.1) is 0 Å². The minimum atomic E-state index is -3.72. The molecule has 3 heterocycles. The van der Waals surface area contributed by atoms with Crippen molar-refractivity contribution in [2.45, 2.75) is 20.1 Å². The number of halogens is 1. The van der Waals surface area contributed by atoms with E-state index in [9.17, 15) is 9.36 Å². The summed E-state index contributed by atoms with van der Waals surface area (Å²) in [6.45, 7) is 5.56. The summed E-state index contributed by atoms with van der Waals surface area (Å²) in [5, 5.41) is 0. The van der Waals surface area contributed by atoms with E-state index in [-0.39, 0.29) is 50.1 Å². The molecular weight excluding hydrogens is 545 g/mol. The van der Waals surface area contributed by atoms with Gasteiger partial charge in [-0.25, -0.2) is 4.98 Å². The number of anilines is 1. The molecule has 14 heteroatoms. The van der Waals surface area contributed by atoms with Crippen molar-refractivity contribution < 1.29 is 27.8 Å². The second-order valence-electron chi connectivity index (χ2n) is 7.44. The van der Waals surface area contributed by atoms with Crippen molar-refractivity contribution in [1.82, 2.24) is 19.5 Å². The molecule has 3 N–H and O–H groups in total. The number of ether oxygens (including phenoxy) is 3. The first-order valence-electron chi connectivity index (χ1n) is 10.4. The Labute approximate surface area is 208 Å². The Balaban J connectivity index is 1.39. The summed E-state index contributed by atoms with van der Waals surface area (Å²) in [5.41, 5.74) is 6.46. The quantitative estimate of drug-likeness (QED) is 0.259. The highest BCUT2D eigenvalue weighted by Gasteiger charge is 2.29. The number of nitrogens with zero attached hydrogens (tertiary/aromatic N) is 3. The molecule has 0 spiro atoms. The topological polar surface area (TPSA) is 153 Å². The highest BCUT2D eigenvalue weighted by atomic mass is 79.9. The fraction of sp³-hybridized carbons (Fsp3) is 0.286. The van der Waals surface area contributed by atoms with E-state index >= 15 is 0 Å². The van der Waals surface area contributed by atoms with E-state index in [2.05, 4.69) is 37.5 Å². The fourth-order valence-electron chi connectivity index (χ4n) is 3.13. The van der Waals surface area contributed by atoms with Crippen LogP contribution in [0.25, 0.3) is 11.2 Å². The van der Waals surface area contributed by atoms with E-state index in [0.717, 1.165) is 10.0 Å². The van der Waals surface area contributed by atoms with Crippen LogP contribution in [-0.4, -0.2) is 39.1 Å². The van der Waals surface area contributed by atoms with Gasteiger partial charge in [0.1, 0.15) is 18.7 Å². The molecule has 1 aliphatic rings. The minimum Gasteiger partial charge on any atom is -0.428 e. The summed E-state index contributed by atoms with van der Waals surface area (Å²) in [7, 11) is -3.72. The van der Waals surface area contributed by atoms with Crippen LogP contribution in [0.4, 0.5) is 5.95 Å². The van der Waals surface area contributed by atoms with Crippen LogP contribution in [-0.2, 0) is 41.0 Å². The number of nitrogens with two attached hydrogens (primary N) is 1. The van der Waals surface area contributed by atoms with Gasteiger partial charge in [-0.1, -0.05) is 28.1 Å². The molecule has 4 rings (SSSR count). The van der Waals surface area contributed by atoms with Gasteiger partial charge in [-0.2, -0.15) is 4.98 Å². The molecular formula is C21H23BrN5O7P. The SMILES string of the molecule is C=C1OC(C)=C(COP(=O)(COCCn2cnc3c(=O)[nH]c(N)nc32)OCc2cccc(Br)c2)O1. The van der Waals surface area contributed by atoms with Crippen molar-refractivity contribution in [3.63, 3.8) is 0 Å². The average Bonchev–Trinajstić information content (AvgIpc) is 3.36. The molecule has 0 bridgehead atoms. The molecule has 1 atom stereocenters. The minimum absolute atomic E-state index is 0.0191. The van der Waals surface area contributed by atoms with Gasteiger partial charge in [-0.05, 0) is 31.2 Å². The lowest BCUT2D eigenvalue weighted by Crippen LogP contribution is -2.13. The first kappa shape index (κ1) is 25.1. The van der Waals surface area contributed by atoms with Crippen LogP contribution in [0.2, 0.25) is 0 Å². The van der Waals surface area contributed by atoms with E-state index in [1.807, 2.05) is 24.3 Å². The van der Waals surface area contributed by atoms with Crippen LogP contribution in [0, 0.1) is 0 Å². The molecule has 0 amide bonds. The highest BCUT2D eigenvalue weighted by Crippen LogP contribution is 2.49. The number of aromatic nitrogens is 4. The Bertz CT molecular complexity index is 1390. The van der Waals surface area contributed by atoms with Gasteiger partial charge >= 0.3 is 7.60 Å². The summed E-state index contributed by atoms with van der Waals surface area (Å²) in [6, 6.07) is 7.40. The molecule has 0 saturated heterocycles. The number of imidazole rings is 1. The third kappa shape index (κ3) is 6.38. The average molecular weight is 568 g/mol. The Morgan fingerprint density at radius 2 is 2.09 bits per heavy atom. The number of H-pyrrole nitrogens is 1. The van der Waals surface area contributed by atoms with Gasteiger partial charge < -0.3 is 29.0 Å². The number of benzene rings is 1. The smallest absolute Gasteiger partial charge is 0.356 e. The monoisotopic (exact) mass is 567 g/mol. The van der Waals surface area contributed by atoms with Crippen molar-refractivity contribution in [3.05, 3.63) is 75.0 Å². The standard InChI is InChI=1S/C21H23BrN5O7P/c1-13-17(34-14(2)33-13)10-32-35(29,31-9-15-4-3-5-16(22)8-15)12-30-7-6-27-11-24-18-19(27)25-21(23)26-20(18)28/h3-5,8,11H,2,6-7,9-10,12H2,1H3,(H3,23,25,26,28). The lowest BCUT2D eigenvalue weighted by molar-refractivity contribution is 0.114. The molecule has 1 aromatic carbocycles. The zero-order valence-electron chi connectivity index (χ0n) is 18.7. The molecule has 0 saturated carbocycles. The number of hydrogen-bond donors (Lipinski definition) is 2. The molecule has 0 aliphatic carbocycles. The lowest BCUT2D eigenvalue weighted by Gasteiger charge is -2.19. The summed E-state index contributed by atoms with van der Waals surface area (Å²) in [6.07, 6.45) is 1.13. The maximum Gasteiger partial charge on any atom is 0.356 e. The first-order valence-corrected chi connectivity index (χ1v) is 12.9. The molecule has 0 fully saturated rings. The van der Waals surface area contributed by atoms with Crippen LogP contribution in [0.1, 0.15) is 12.5 Å². The van der Waals surface area contributed by atoms with E-state index in [0.29, 0.717) is 17.2 Å². The maximum atomic E-state index is 13.5. The van der Waals surface area contributed by atoms with Crippen molar-refractivity contribution in [1.29, 1.82) is 0 Å². The van der Waals surface area contributed by atoms with Crippen LogP contribution in [0.5, 0.6) is 0 Å². The highest BCUT2D eigenvalue weighted by molar-refractivity contribution is 9.10. The number of allylic oxidation sites excluding steroid dienone is 1. The first-order chi connectivity index (χ1) is 16.7. The molecule has 186 valence electrons. The molecule has 2 aromatic heterocycles. The molecule has 1 unspecified atom stereocenters. The van der Waals surface area contributed by atoms with E-state index in [1.165, 1.54) is 6.33 Å². The summed E-state index contributed by atoms with van der Waals surface area (Å²) in [5.74, 6) is 0.903. The molecule has 1 aliphatic heterocycles. The van der Waals surface area contributed by atoms with Crippen molar-refractivity contribution in [3.8, 4) is 0 Å². The number of hydrogen-bond acceptors (Lipinski definition) is 10. The molecule has 12 nitrogen and oxygen atoms in total. The zero-order valence-corrected chi connectivity index (χ0v) is 21.2. The van der Waals surface area contributed by atoms with Gasteiger partial charge in [0.25, 0.3) is 11.5 Å². The predicted molar refractivity (Wildman–Crippen MR) is 130 cm³/mol. The molecule has 35 heavy (non-hydrogen) atoms. The Hall–Kier alpha value is -2.96. The number of fused-ring (bicyclic) bond motifs is 1. The Morgan fingerprint density at radius 1 is 1.29 bits per heavy atom. The van der Waals surface area contributed by atoms with Crippen molar-refractivity contribution in [2.24, 2.45) is 0 Å². The van der Waals surface area contributed by atoms with E-state index in [4.69, 9.17) is 29.0 Å². The summed E-state index contributed by atoms with van der Waals surface area (Å²) in [4.78, 5) is 22.5. The normalized spacial score (nSPS) is 15.3. The van der Waals surface area contributed by atoms with Gasteiger partial charge in [0, 0.05) is 11.0 Å². The Morgan fingerprint density at radius 3 is 2.83 bits per heavy atom. The van der Waals surface area contributed by atoms with Gasteiger partial charge in [0.05, 0.1) is 19.5 Å². The van der Waals surface area contributed by atoms with E-state index < -0.39 is 13.2 Å². The third-order valence-corrected chi connectivity index (χ3v) is 6.86. The molecule has 3 aromatic rings. The number of nitrogen functional groups attached to an aromatic ring is 1. The maximum absolute atomic E-state index is 13.5. The summed E-state index contributed by atoms with van der Waals surface area (Å²) < 4.78 is 43.5. The lowest BCUT2D eigenvalue weighted by atomic mass is 10.2. The summed E-state index contributed by atoms with van der Waals surface area (Å²) >= 11 is 3.40. The number of nitrogens with one attached hydrogen (secondary N) is 1. The van der Waals surface area contributed by atoms with Gasteiger partial charge in [-0.3, -0.25) is 18.9 Å². The second kappa shape index (κ2) is 10.8. The van der Waals surface area contributed by atoms with Gasteiger partial charge in [0.2, 0.25) is 5.95 Å². The largest absolute Gasteiger partial charge is 0.428 e. The number of rotatable bonds is 11. The van der Waals surface area contributed by atoms with Crippen LogP contribution in [0.15, 0.2) is 63.9 Å². The van der Waals surface area contributed by atoms with Crippen LogP contribution < -0.4 is 11.3 Å². The van der Waals surface area contributed by atoms with E-state index in [1.54, 1.807) is 11.5 Å². The van der Waals surface area contributed by atoms with Crippen LogP contribution >= 0.6 is 23.5 Å². The second-order valence-corrected chi connectivity index (χ2v) is 10.4. The Kier molecular flexibility index (Phi) is 7.72. The van der Waals surface area contributed by atoms with Crippen molar-refractivity contribution in [2.75, 3.05) is 25.3 Å². The van der Waals surface area contributed by atoms with Gasteiger partial charge in [0.15, 0.2) is 16.9 Å². The predicted octanol–water partition coefficient (Wildman–Crippen LogP) is 3.61. The van der Waals surface area contributed by atoms with Crippen molar-refractivity contribution >= 4 is 40.6 Å². The number of aromatic amines is 1.